The molecule has 0 bridgehead atoms. The predicted molar refractivity (Wildman–Crippen MR) is 54.5 cm³/mol. The number of anilines is 1. The summed E-state index contributed by atoms with van der Waals surface area (Å²) >= 11 is 11.6. The molecule has 2 nitrogen and oxygen atoms in total. The van der Waals surface area contributed by atoms with E-state index in [1.54, 1.807) is 31.6 Å². The molecule has 0 aliphatic carbocycles. The first-order valence-electron chi connectivity index (χ1n) is 3.36. The lowest BCUT2D eigenvalue weighted by molar-refractivity contribution is 1.46. The molecule has 4 heteroatoms. The zero-order chi connectivity index (χ0) is 8.97. The molecule has 0 fully saturated rings. The Balaban J connectivity index is 2.86. The minimum atomic E-state index is 0.586. The van der Waals surface area contributed by atoms with Crippen LogP contribution in [-0.2, 0) is 0 Å². The molecule has 1 rings (SSSR count). The third-order valence-corrected chi connectivity index (χ3v) is 1.83. The monoisotopic (exact) mass is 202 g/mol. The van der Waals surface area contributed by atoms with Gasteiger partial charge < -0.3 is 5.32 Å². The van der Waals surface area contributed by atoms with Crippen LogP contribution in [0.2, 0.25) is 10.0 Å². The van der Waals surface area contributed by atoms with Gasteiger partial charge in [-0.3, -0.25) is 4.99 Å². The van der Waals surface area contributed by atoms with E-state index in [0.717, 1.165) is 5.69 Å². The maximum atomic E-state index is 5.86. The van der Waals surface area contributed by atoms with Crippen LogP contribution in [0.3, 0.4) is 0 Å². The Labute approximate surface area is 81.2 Å². The van der Waals surface area contributed by atoms with Crippen LogP contribution in [0, 0.1) is 0 Å². The summed E-state index contributed by atoms with van der Waals surface area (Å²) in [6, 6.07) is 5.24. The third kappa shape index (κ3) is 2.40. The van der Waals surface area contributed by atoms with Crippen LogP contribution in [0.5, 0.6) is 0 Å². The average Bonchev–Trinajstić information content (AvgIpc) is 2.03. The number of hydrogen-bond donors (Lipinski definition) is 1. The maximum Gasteiger partial charge on any atom is 0.0864 e. The number of hydrogen-bond acceptors (Lipinski definition) is 1. The summed E-state index contributed by atoms with van der Waals surface area (Å²) in [5.74, 6) is 0. The Kier molecular flexibility index (Phi) is 3.38. The van der Waals surface area contributed by atoms with E-state index in [-0.39, 0.29) is 0 Å². The minimum Gasteiger partial charge on any atom is -0.346 e. The van der Waals surface area contributed by atoms with Crippen molar-refractivity contribution in [3.8, 4) is 0 Å². The van der Waals surface area contributed by atoms with Crippen molar-refractivity contribution in [1.82, 2.24) is 0 Å². The highest BCUT2D eigenvalue weighted by atomic mass is 35.5. The molecular weight excluding hydrogens is 195 g/mol. The normalized spacial score (nSPS) is 10.6. The van der Waals surface area contributed by atoms with E-state index < -0.39 is 0 Å². The lowest BCUT2D eigenvalue weighted by atomic mass is 10.3. The van der Waals surface area contributed by atoms with Crippen LogP contribution in [-0.4, -0.2) is 13.4 Å². The molecule has 0 aromatic heterocycles. The number of rotatable bonds is 2. The van der Waals surface area contributed by atoms with Crippen LogP contribution >= 0.6 is 23.2 Å². The topological polar surface area (TPSA) is 24.4 Å². The molecular formula is C8H8Cl2N2. The van der Waals surface area contributed by atoms with E-state index in [9.17, 15) is 0 Å². The van der Waals surface area contributed by atoms with Gasteiger partial charge in [0.25, 0.3) is 0 Å². The second-order valence-corrected chi connectivity index (χ2v) is 3.00. The molecule has 0 saturated heterocycles. The highest BCUT2D eigenvalue weighted by Crippen LogP contribution is 2.24. The van der Waals surface area contributed by atoms with Crippen molar-refractivity contribution in [3.63, 3.8) is 0 Å². The molecule has 1 aromatic rings. The number of benzene rings is 1. The first-order valence-corrected chi connectivity index (χ1v) is 4.12. The summed E-state index contributed by atoms with van der Waals surface area (Å²) in [5.41, 5.74) is 0.798. The van der Waals surface area contributed by atoms with Gasteiger partial charge >= 0.3 is 0 Å². The molecule has 0 aliphatic heterocycles. The lowest BCUT2D eigenvalue weighted by Crippen LogP contribution is -1.94. The Morgan fingerprint density at radius 2 is 2.17 bits per heavy atom. The molecule has 0 amide bonds. The van der Waals surface area contributed by atoms with E-state index >= 15 is 0 Å². The van der Waals surface area contributed by atoms with Gasteiger partial charge in [0.1, 0.15) is 0 Å². The first-order chi connectivity index (χ1) is 5.74. The summed E-state index contributed by atoms with van der Waals surface area (Å²) in [4.78, 5) is 3.77. The molecule has 0 spiro atoms. The summed E-state index contributed by atoms with van der Waals surface area (Å²) in [5, 5.41) is 4.12. The van der Waals surface area contributed by atoms with Gasteiger partial charge in [0, 0.05) is 12.1 Å². The molecule has 0 unspecified atom stereocenters. The number of halogens is 2. The maximum absolute atomic E-state index is 5.86. The molecule has 64 valence electrons. The zero-order valence-electron chi connectivity index (χ0n) is 6.51. The average molecular weight is 203 g/mol. The second kappa shape index (κ2) is 4.33. The van der Waals surface area contributed by atoms with Crippen molar-refractivity contribution in [2.24, 2.45) is 4.99 Å². The van der Waals surface area contributed by atoms with Gasteiger partial charge in [-0.1, -0.05) is 23.2 Å². The lowest BCUT2D eigenvalue weighted by Gasteiger charge is -2.02. The van der Waals surface area contributed by atoms with Gasteiger partial charge in [0.15, 0.2) is 0 Å². The largest absolute Gasteiger partial charge is 0.346 e. The highest BCUT2D eigenvalue weighted by Gasteiger charge is 1.97. The predicted octanol–water partition coefficient (Wildman–Crippen LogP) is 3.06. The van der Waals surface area contributed by atoms with Crippen LogP contribution < -0.4 is 5.32 Å². The molecule has 0 heterocycles. The number of nitrogens with zero attached hydrogens (tertiary/aromatic N) is 1. The van der Waals surface area contributed by atoms with Crippen molar-refractivity contribution in [2.75, 3.05) is 12.4 Å². The van der Waals surface area contributed by atoms with Gasteiger partial charge in [-0.05, 0) is 18.2 Å². The first kappa shape index (κ1) is 9.36. The smallest absolute Gasteiger partial charge is 0.0864 e. The molecule has 0 aliphatic rings. The van der Waals surface area contributed by atoms with Crippen LogP contribution in [0.4, 0.5) is 5.69 Å². The Morgan fingerprint density at radius 1 is 1.42 bits per heavy atom. The van der Waals surface area contributed by atoms with E-state index in [2.05, 4.69) is 10.3 Å². The van der Waals surface area contributed by atoms with Crippen LogP contribution in [0.25, 0.3) is 0 Å². The fraction of sp³-hybridized carbons (Fsp3) is 0.125. The molecule has 12 heavy (non-hydrogen) atoms. The number of nitrogens with one attached hydrogen (secondary N) is 1. The second-order valence-electron chi connectivity index (χ2n) is 2.16. The molecule has 1 N–H and O–H groups in total. The van der Waals surface area contributed by atoms with Gasteiger partial charge in [-0.15, -0.1) is 0 Å². The summed E-state index contributed by atoms with van der Waals surface area (Å²) in [6.45, 7) is 0. The van der Waals surface area contributed by atoms with Crippen LogP contribution in [0.1, 0.15) is 0 Å². The SMILES string of the molecule is CN=CNc1ccc(Cl)cc1Cl. The molecule has 0 saturated carbocycles. The Morgan fingerprint density at radius 3 is 2.75 bits per heavy atom. The molecule has 1 aromatic carbocycles. The Bertz CT molecular complexity index is 297. The summed E-state index contributed by atoms with van der Waals surface area (Å²) in [6.07, 6.45) is 1.56. The standard InChI is InChI=1S/C8H8Cl2N2/c1-11-5-12-8-3-2-6(9)4-7(8)10/h2-5H,1H3,(H,11,12). The van der Waals surface area contributed by atoms with Gasteiger partial charge in [0.05, 0.1) is 17.0 Å². The third-order valence-electron chi connectivity index (χ3n) is 1.28. The van der Waals surface area contributed by atoms with Crippen molar-refractivity contribution >= 4 is 35.2 Å². The van der Waals surface area contributed by atoms with Crippen molar-refractivity contribution in [1.29, 1.82) is 0 Å². The van der Waals surface area contributed by atoms with E-state index in [1.807, 2.05) is 0 Å². The fourth-order valence-electron chi connectivity index (χ4n) is 0.741. The van der Waals surface area contributed by atoms with Crippen molar-refractivity contribution in [2.45, 2.75) is 0 Å². The minimum absolute atomic E-state index is 0.586. The van der Waals surface area contributed by atoms with Crippen molar-refractivity contribution in [3.05, 3.63) is 28.2 Å². The quantitative estimate of drug-likeness (QED) is 0.579. The van der Waals surface area contributed by atoms with Gasteiger partial charge in [-0.25, -0.2) is 0 Å². The Hall–Kier alpha value is -0.730. The summed E-state index contributed by atoms with van der Waals surface area (Å²) < 4.78 is 0. The highest BCUT2D eigenvalue weighted by molar-refractivity contribution is 6.36. The molecule has 0 atom stereocenters. The number of aliphatic imine (C=N–C) groups is 1. The van der Waals surface area contributed by atoms with Crippen molar-refractivity contribution < 1.29 is 0 Å². The van der Waals surface area contributed by atoms with Crippen LogP contribution in [0.15, 0.2) is 23.2 Å². The molecule has 0 radical (unpaired) electrons. The fourth-order valence-corrected chi connectivity index (χ4v) is 1.20. The van der Waals surface area contributed by atoms with E-state index in [1.165, 1.54) is 0 Å². The van der Waals surface area contributed by atoms with Gasteiger partial charge in [-0.2, -0.15) is 0 Å². The zero-order valence-corrected chi connectivity index (χ0v) is 8.02. The van der Waals surface area contributed by atoms with Gasteiger partial charge in [0.2, 0.25) is 0 Å². The van der Waals surface area contributed by atoms with E-state index in [4.69, 9.17) is 23.2 Å². The van der Waals surface area contributed by atoms with E-state index in [0.29, 0.717) is 10.0 Å². The summed E-state index contributed by atoms with van der Waals surface area (Å²) in [7, 11) is 1.68.